The van der Waals surface area contributed by atoms with Crippen molar-refractivity contribution in [3.05, 3.63) is 60.3 Å². The van der Waals surface area contributed by atoms with Gasteiger partial charge in [-0.05, 0) is 67.0 Å². The Bertz CT molecular complexity index is 1030. The van der Waals surface area contributed by atoms with Gasteiger partial charge in [0.15, 0.2) is 0 Å². The SMILES string of the molecule is CC[C@@H]1CCN2C(=O)CC[C@H]2C1.Cc1c(-c2ccc(O)cc2)ccc2cccnc12. The summed E-state index contributed by atoms with van der Waals surface area (Å²) in [4.78, 5) is 17.9. The molecular weight excluding hydrogens is 372 g/mol. The van der Waals surface area contributed by atoms with Crippen molar-refractivity contribution in [2.24, 2.45) is 5.92 Å². The van der Waals surface area contributed by atoms with Crippen LogP contribution in [-0.4, -0.2) is 33.5 Å². The second-order valence-corrected chi connectivity index (χ2v) is 8.44. The molecule has 3 aromatic rings. The number of amides is 1. The second-order valence-electron chi connectivity index (χ2n) is 8.44. The van der Waals surface area contributed by atoms with Crippen LogP contribution in [0.25, 0.3) is 22.0 Å². The molecule has 2 saturated heterocycles. The van der Waals surface area contributed by atoms with Gasteiger partial charge in [0.1, 0.15) is 5.75 Å². The van der Waals surface area contributed by atoms with E-state index in [9.17, 15) is 9.90 Å². The fourth-order valence-corrected chi connectivity index (χ4v) is 4.79. The van der Waals surface area contributed by atoms with Crippen LogP contribution in [0.1, 0.15) is 44.6 Å². The number of pyridine rings is 1. The molecule has 4 heteroatoms. The maximum Gasteiger partial charge on any atom is 0.222 e. The number of aromatic hydroxyl groups is 1. The van der Waals surface area contributed by atoms with Gasteiger partial charge in [-0.3, -0.25) is 9.78 Å². The average Bonchev–Trinajstić information content (AvgIpc) is 3.15. The third-order valence-corrected chi connectivity index (χ3v) is 6.62. The van der Waals surface area contributed by atoms with Gasteiger partial charge in [0.2, 0.25) is 5.91 Å². The minimum absolute atomic E-state index is 0.287. The second kappa shape index (κ2) is 8.86. The molecule has 4 nitrogen and oxygen atoms in total. The first-order valence-corrected chi connectivity index (χ1v) is 11.0. The van der Waals surface area contributed by atoms with E-state index in [2.05, 4.69) is 41.9 Å². The van der Waals surface area contributed by atoms with Crippen LogP contribution in [0.15, 0.2) is 54.7 Å². The first-order chi connectivity index (χ1) is 14.6. The molecule has 0 unspecified atom stereocenters. The van der Waals surface area contributed by atoms with Gasteiger partial charge >= 0.3 is 0 Å². The van der Waals surface area contributed by atoms with Crippen molar-refractivity contribution in [1.82, 2.24) is 9.88 Å². The topological polar surface area (TPSA) is 53.4 Å². The van der Waals surface area contributed by atoms with Crippen molar-refractivity contribution in [2.45, 2.75) is 52.0 Å². The summed E-state index contributed by atoms with van der Waals surface area (Å²) < 4.78 is 0. The lowest BCUT2D eigenvalue weighted by atomic mass is 9.89. The number of carbonyl (C=O) groups excluding carboxylic acids is 1. The van der Waals surface area contributed by atoms with Gasteiger partial charge in [-0.25, -0.2) is 0 Å². The summed E-state index contributed by atoms with van der Waals surface area (Å²) in [5.41, 5.74) is 4.45. The highest BCUT2D eigenvalue weighted by Gasteiger charge is 2.35. The summed E-state index contributed by atoms with van der Waals surface area (Å²) in [7, 11) is 0. The zero-order valence-corrected chi connectivity index (χ0v) is 17.8. The summed E-state index contributed by atoms with van der Waals surface area (Å²) in [6, 6.07) is 16.1. The van der Waals surface area contributed by atoms with E-state index < -0.39 is 0 Å². The number of rotatable bonds is 2. The third-order valence-electron chi connectivity index (χ3n) is 6.62. The van der Waals surface area contributed by atoms with Crippen LogP contribution >= 0.6 is 0 Å². The molecule has 156 valence electrons. The molecule has 2 aliphatic heterocycles. The average molecular weight is 403 g/mol. The number of aromatic nitrogens is 1. The van der Waals surface area contributed by atoms with Crippen LogP contribution < -0.4 is 0 Å². The summed E-state index contributed by atoms with van der Waals surface area (Å²) in [6.07, 6.45) is 7.53. The van der Waals surface area contributed by atoms with Gasteiger partial charge in [-0.2, -0.15) is 0 Å². The molecule has 0 spiro atoms. The number of hydrogen-bond acceptors (Lipinski definition) is 3. The highest BCUT2D eigenvalue weighted by Crippen LogP contribution is 2.32. The zero-order valence-electron chi connectivity index (χ0n) is 17.8. The number of phenols is 1. The quantitative estimate of drug-likeness (QED) is 0.597. The summed E-state index contributed by atoms with van der Waals surface area (Å²) in [5.74, 6) is 1.57. The zero-order chi connectivity index (χ0) is 21.1. The number of phenolic OH excluding ortho intramolecular Hbond substituents is 1. The third kappa shape index (κ3) is 4.18. The monoisotopic (exact) mass is 402 g/mol. The predicted octanol–water partition coefficient (Wildman–Crippen LogP) is 5.71. The molecule has 0 saturated carbocycles. The highest BCUT2D eigenvalue weighted by atomic mass is 16.3. The highest BCUT2D eigenvalue weighted by molar-refractivity contribution is 5.88. The van der Waals surface area contributed by atoms with Crippen molar-refractivity contribution < 1.29 is 9.90 Å². The molecule has 2 fully saturated rings. The minimum atomic E-state index is 0.287. The van der Waals surface area contributed by atoms with Crippen LogP contribution in [0.2, 0.25) is 0 Å². The van der Waals surface area contributed by atoms with E-state index in [0.29, 0.717) is 11.9 Å². The van der Waals surface area contributed by atoms with Crippen molar-refractivity contribution in [3.63, 3.8) is 0 Å². The lowest BCUT2D eigenvalue weighted by Crippen LogP contribution is -2.40. The Morgan fingerprint density at radius 3 is 2.67 bits per heavy atom. The van der Waals surface area contributed by atoms with Crippen molar-refractivity contribution in [3.8, 4) is 16.9 Å². The fraction of sp³-hybridized carbons (Fsp3) is 0.385. The van der Waals surface area contributed by atoms with E-state index in [1.807, 2.05) is 24.4 Å². The van der Waals surface area contributed by atoms with Gasteiger partial charge in [-0.15, -0.1) is 0 Å². The Morgan fingerprint density at radius 2 is 1.90 bits per heavy atom. The smallest absolute Gasteiger partial charge is 0.222 e. The van der Waals surface area contributed by atoms with Crippen molar-refractivity contribution in [1.29, 1.82) is 0 Å². The summed E-state index contributed by atoms with van der Waals surface area (Å²) in [5, 5.41) is 10.5. The Balaban J connectivity index is 0.000000158. The largest absolute Gasteiger partial charge is 0.508 e. The molecule has 2 atom stereocenters. The first kappa shape index (κ1) is 20.4. The summed E-state index contributed by atoms with van der Waals surface area (Å²) >= 11 is 0. The Labute approximate surface area is 178 Å². The number of piperidine rings is 1. The molecule has 0 radical (unpaired) electrons. The van der Waals surface area contributed by atoms with Gasteiger partial charge in [0, 0.05) is 30.6 Å². The summed E-state index contributed by atoms with van der Waals surface area (Å²) in [6.45, 7) is 5.37. The Hall–Kier alpha value is -2.88. The molecule has 30 heavy (non-hydrogen) atoms. The molecule has 3 heterocycles. The van der Waals surface area contributed by atoms with Crippen molar-refractivity contribution >= 4 is 16.8 Å². The van der Waals surface area contributed by atoms with E-state index in [-0.39, 0.29) is 5.75 Å². The standard InChI is InChI=1S/C16H13NO.C10H17NO/c1-11-15(12-4-7-14(18)8-5-12)9-6-13-3-2-10-17-16(11)13;1-2-8-5-6-11-9(7-8)3-4-10(11)12/h2-10,18H,1H3;8-9H,2-7H2,1H3/t;8-,9+/m.1/s1. The number of carbonyl (C=O) groups is 1. The molecule has 2 aliphatic rings. The molecule has 1 N–H and O–H groups in total. The maximum absolute atomic E-state index is 11.3. The van der Waals surface area contributed by atoms with Gasteiger partial charge in [-0.1, -0.05) is 43.7 Å². The maximum atomic E-state index is 11.3. The van der Waals surface area contributed by atoms with Crippen LogP contribution in [-0.2, 0) is 4.79 Å². The van der Waals surface area contributed by atoms with Gasteiger partial charge in [0.05, 0.1) is 5.52 Å². The van der Waals surface area contributed by atoms with Crippen LogP contribution in [0.5, 0.6) is 5.75 Å². The van der Waals surface area contributed by atoms with Crippen LogP contribution in [0.3, 0.4) is 0 Å². The normalized spacial score (nSPS) is 20.6. The Kier molecular flexibility index (Phi) is 6.03. The lowest BCUT2D eigenvalue weighted by Gasteiger charge is -2.34. The minimum Gasteiger partial charge on any atom is -0.508 e. The fourth-order valence-electron chi connectivity index (χ4n) is 4.79. The van der Waals surface area contributed by atoms with Crippen molar-refractivity contribution in [2.75, 3.05) is 6.54 Å². The van der Waals surface area contributed by atoms with E-state index in [4.69, 9.17) is 0 Å². The number of benzene rings is 2. The number of fused-ring (bicyclic) bond motifs is 2. The molecule has 2 aromatic carbocycles. The first-order valence-electron chi connectivity index (χ1n) is 11.0. The predicted molar refractivity (Wildman–Crippen MR) is 121 cm³/mol. The number of aryl methyl sites for hydroxylation is 1. The molecule has 0 aliphatic carbocycles. The van der Waals surface area contributed by atoms with Crippen LogP contribution in [0.4, 0.5) is 0 Å². The molecule has 5 rings (SSSR count). The van der Waals surface area contributed by atoms with Crippen LogP contribution in [0, 0.1) is 12.8 Å². The number of hydrogen-bond donors (Lipinski definition) is 1. The van der Waals surface area contributed by atoms with E-state index in [0.717, 1.165) is 47.3 Å². The molecular formula is C26H30N2O2. The van der Waals surface area contributed by atoms with E-state index >= 15 is 0 Å². The lowest BCUT2D eigenvalue weighted by molar-refractivity contribution is -0.130. The molecule has 1 amide bonds. The number of nitrogens with zero attached hydrogens (tertiary/aromatic N) is 2. The molecule has 1 aromatic heterocycles. The van der Waals surface area contributed by atoms with E-state index in [1.165, 1.54) is 24.8 Å². The van der Waals surface area contributed by atoms with Gasteiger partial charge in [0.25, 0.3) is 0 Å². The Morgan fingerprint density at radius 1 is 1.10 bits per heavy atom. The molecule has 0 bridgehead atoms. The van der Waals surface area contributed by atoms with Gasteiger partial charge < -0.3 is 10.0 Å². The van der Waals surface area contributed by atoms with E-state index in [1.54, 1.807) is 12.1 Å².